The smallest absolute Gasteiger partial charge is 0.308 e. The first-order chi connectivity index (χ1) is 9.35. The van der Waals surface area contributed by atoms with E-state index in [1.54, 1.807) is 0 Å². The molecule has 0 radical (unpaired) electrons. The Kier molecular flexibility index (Phi) is 4.18. The van der Waals surface area contributed by atoms with Gasteiger partial charge in [-0.15, -0.1) is 0 Å². The Morgan fingerprint density at radius 1 is 1.30 bits per heavy atom. The van der Waals surface area contributed by atoms with Crippen molar-refractivity contribution in [2.75, 3.05) is 13.2 Å². The summed E-state index contributed by atoms with van der Waals surface area (Å²) in [6.45, 7) is 6.58. The third-order valence-corrected chi connectivity index (χ3v) is 2.80. The minimum atomic E-state index is -0.496. The number of esters is 1. The van der Waals surface area contributed by atoms with Crippen LogP contribution in [0.15, 0.2) is 18.2 Å². The highest BCUT2D eigenvalue weighted by atomic mass is 16.6. The van der Waals surface area contributed by atoms with Gasteiger partial charge in [0.05, 0.1) is 6.42 Å². The molecule has 0 unspecified atom stereocenters. The van der Waals surface area contributed by atoms with Crippen molar-refractivity contribution in [3.63, 3.8) is 0 Å². The van der Waals surface area contributed by atoms with Crippen LogP contribution in [0.4, 0.5) is 0 Å². The second kappa shape index (κ2) is 5.71. The maximum absolute atomic E-state index is 11.8. The van der Waals surface area contributed by atoms with Crippen molar-refractivity contribution in [1.29, 1.82) is 0 Å². The third-order valence-electron chi connectivity index (χ3n) is 2.80. The lowest BCUT2D eigenvalue weighted by Gasteiger charge is -2.22. The number of benzene rings is 1. The average molecular weight is 279 g/mol. The zero-order valence-corrected chi connectivity index (χ0v) is 12.1. The van der Waals surface area contributed by atoms with Crippen LogP contribution in [-0.4, -0.2) is 24.8 Å². The van der Waals surface area contributed by atoms with Gasteiger partial charge in [0.15, 0.2) is 11.5 Å². The van der Waals surface area contributed by atoms with Gasteiger partial charge in [0.25, 0.3) is 0 Å². The molecule has 0 saturated carbocycles. The van der Waals surface area contributed by atoms with Crippen molar-refractivity contribution in [3.05, 3.63) is 23.8 Å². The Morgan fingerprint density at radius 3 is 2.60 bits per heavy atom. The lowest BCUT2D eigenvalue weighted by atomic mass is 10.0. The summed E-state index contributed by atoms with van der Waals surface area (Å²) in [4.78, 5) is 11.8. The predicted molar refractivity (Wildman–Crippen MR) is 74.8 cm³/mol. The molecule has 1 aliphatic rings. The number of fused-ring (bicyclic) bond motifs is 1. The van der Waals surface area contributed by atoms with Gasteiger partial charge < -0.3 is 19.9 Å². The third kappa shape index (κ3) is 3.87. The van der Waals surface area contributed by atoms with Gasteiger partial charge in [0.1, 0.15) is 18.8 Å². The summed E-state index contributed by atoms with van der Waals surface area (Å²) in [7, 11) is 0. The number of ether oxygens (including phenoxy) is 3. The van der Waals surface area contributed by atoms with Crippen LogP contribution in [0.25, 0.3) is 0 Å². The Morgan fingerprint density at radius 2 is 1.95 bits per heavy atom. The minimum absolute atomic E-state index is 0.136. The Labute approximate surface area is 119 Å². The van der Waals surface area contributed by atoms with E-state index in [1.165, 1.54) is 0 Å². The number of rotatable bonds is 3. The Balaban J connectivity index is 2.02. The lowest BCUT2D eigenvalue weighted by Crippen LogP contribution is -2.26. The van der Waals surface area contributed by atoms with Crippen LogP contribution < -0.4 is 15.2 Å². The second-order valence-electron chi connectivity index (χ2n) is 5.80. The van der Waals surface area contributed by atoms with Gasteiger partial charge in [-0.05, 0) is 38.5 Å². The van der Waals surface area contributed by atoms with E-state index < -0.39 is 11.6 Å². The van der Waals surface area contributed by atoms with Crippen molar-refractivity contribution < 1.29 is 19.0 Å². The van der Waals surface area contributed by atoms with Crippen molar-refractivity contribution in [3.8, 4) is 11.5 Å². The summed E-state index contributed by atoms with van der Waals surface area (Å²) in [6.07, 6.45) is 0.136. The molecule has 5 heteroatoms. The van der Waals surface area contributed by atoms with Crippen LogP contribution in [0.2, 0.25) is 0 Å². The topological polar surface area (TPSA) is 70.8 Å². The Bertz CT molecular complexity index is 493. The standard InChI is InChI=1S/C15H21NO4/c1-15(2,3)20-14(17)9-11(16)10-4-5-12-13(8-10)19-7-6-18-12/h4-5,8,11H,6-7,9,16H2,1-3H3/t11-/m0/s1. The highest BCUT2D eigenvalue weighted by Crippen LogP contribution is 2.32. The lowest BCUT2D eigenvalue weighted by molar-refractivity contribution is -0.155. The molecule has 1 atom stereocenters. The van der Waals surface area contributed by atoms with Gasteiger partial charge in [-0.2, -0.15) is 0 Å². The van der Waals surface area contributed by atoms with Gasteiger partial charge in [0.2, 0.25) is 0 Å². The molecule has 110 valence electrons. The molecular formula is C15H21NO4. The van der Waals surface area contributed by atoms with Crippen LogP contribution in [0, 0.1) is 0 Å². The fourth-order valence-corrected chi connectivity index (χ4v) is 1.97. The normalized spacial score (nSPS) is 15.6. The fourth-order valence-electron chi connectivity index (χ4n) is 1.97. The first kappa shape index (κ1) is 14.7. The molecule has 0 saturated heterocycles. The molecule has 20 heavy (non-hydrogen) atoms. The van der Waals surface area contributed by atoms with Crippen LogP contribution >= 0.6 is 0 Å². The summed E-state index contributed by atoms with van der Waals surface area (Å²) in [5, 5.41) is 0. The van der Waals surface area contributed by atoms with E-state index in [4.69, 9.17) is 19.9 Å². The van der Waals surface area contributed by atoms with E-state index in [2.05, 4.69) is 0 Å². The first-order valence-electron chi connectivity index (χ1n) is 6.72. The highest BCUT2D eigenvalue weighted by molar-refractivity contribution is 5.71. The molecule has 1 heterocycles. The molecule has 0 bridgehead atoms. The summed E-state index contributed by atoms with van der Waals surface area (Å²) < 4.78 is 16.2. The molecule has 1 aromatic carbocycles. The quantitative estimate of drug-likeness (QED) is 0.859. The van der Waals surface area contributed by atoms with E-state index >= 15 is 0 Å². The van der Waals surface area contributed by atoms with Crippen molar-refractivity contribution in [2.24, 2.45) is 5.73 Å². The molecule has 0 aliphatic carbocycles. The number of carbonyl (C=O) groups is 1. The summed E-state index contributed by atoms with van der Waals surface area (Å²) >= 11 is 0. The summed E-state index contributed by atoms with van der Waals surface area (Å²) in [5.41, 5.74) is 6.39. The molecule has 2 N–H and O–H groups in total. The first-order valence-corrected chi connectivity index (χ1v) is 6.72. The zero-order chi connectivity index (χ0) is 14.8. The fraction of sp³-hybridized carbons (Fsp3) is 0.533. The molecule has 0 amide bonds. The maximum atomic E-state index is 11.8. The molecule has 1 aliphatic heterocycles. The molecule has 0 aromatic heterocycles. The molecule has 0 spiro atoms. The maximum Gasteiger partial charge on any atom is 0.308 e. The average Bonchev–Trinajstić information content (AvgIpc) is 2.35. The largest absolute Gasteiger partial charge is 0.486 e. The van der Waals surface area contributed by atoms with Crippen LogP contribution in [0.1, 0.15) is 38.8 Å². The number of hydrogen-bond donors (Lipinski definition) is 1. The van der Waals surface area contributed by atoms with Gasteiger partial charge in [0, 0.05) is 6.04 Å². The van der Waals surface area contributed by atoms with E-state index in [9.17, 15) is 4.79 Å². The summed E-state index contributed by atoms with van der Waals surface area (Å²) in [5.74, 6) is 1.08. The van der Waals surface area contributed by atoms with E-state index in [-0.39, 0.29) is 12.4 Å². The van der Waals surface area contributed by atoms with E-state index in [0.29, 0.717) is 24.7 Å². The van der Waals surface area contributed by atoms with Gasteiger partial charge in [-0.1, -0.05) is 6.07 Å². The molecule has 5 nitrogen and oxygen atoms in total. The number of nitrogens with two attached hydrogens (primary N) is 1. The van der Waals surface area contributed by atoms with Gasteiger partial charge in [-0.3, -0.25) is 4.79 Å². The van der Waals surface area contributed by atoms with Crippen molar-refractivity contribution in [1.82, 2.24) is 0 Å². The molecular weight excluding hydrogens is 258 g/mol. The summed E-state index contributed by atoms with van der Waals surface area (Å²) in [6, 6.07) is 5.07. The number of hydrogen-bond acceptors (Lipinski definition) is 5. The molecule has 2 rings (SSSR count). The Hall–Kier alpha value is -1.75. The minimum Gasteiger partial charge on any atom is -0.486 e. The molecule has 1 aromatic rings. The SMILES string of the molecule is CC(C)(C)OC(=O)C[C@H](N)c1ccc2c(c1)OCCO2. The highest BCUT2D eigenvalue weighted by Gasteiger charge is 2.21. The second-order valence-corrected chi connectivity index (χ2v) is 5.80. The van der Waals surface area contributed by atoms with Crippen molar-refractivity contribution in [2.45, 2.75) is 38.8 Å². The van der Waals surface area contributed by atoms with Crippen LogP contribution in [0.5, 0.6) is 11.5 Å². The van der Waals surface area contributed by atoms with Crippen LogP contribution in [0.3, 0.4) is 0 Å². The monoisotopic (exact) mass is 279 g/mol. The predicted octanol–water partition coefficient (Wildman–Crippen LogP) is 2.19. The van der Waals surface area contributed by atoms with Crippen LogP contribution in [-0.2, 0) is 9.53 Å². The zero-order valence-electron chi connectivity index (χ0n) is 12.1. The van der Waals surface area contributed by atoms with E-state index in [0.717, 1.165) is 5.56 Å². The van der Waals surface area contributed by atoms with Gasteiger partial charge >= 0.3 is 5.97 Å². The van der Waals surface area contributed by atoms with E-state index in [1.807, 2.05) is 39.0 Å². The number of carbonyl (C=O) groups excluding carboxylic acids is 1. The molecule has 0 fully saturated rings. The van der Waals surface area contributed by atoms with Gasteiger partial charge in [-0.25, -0.2) is 0 Å². The van der Waals surface area contributed by atoms with Crippen molar-refractivity contribution >= 4 is 5.97 Å².